The van der Waals surface area contributed by atoms with Crippen LogP contribution in [0.3, 0.4) is 0 Å². The topological polar surface area (TPSA) is 0 Å². The van der Waals surface area contributed by atoms with Crippen LogP contribution in [0.5, 0.6) is 0 Å². The Morgan fingerprint density at radius 3 is 2.79 bits per heavy atom. The highest BCUT2D eigenvalue weighted by molar-refractivity contribution is 5.19. The van der Waals surface area contributed by atoms with Crippen LogP contribution in [0, 0.1) is 5.92 Å². The lowest BCUT2D eigenvalue weighted by atomic mass is 9.89. The van der Waals surface area contributed by atoms with Gasteiger partial charge in [0.05, 0.1) is 0 Å². The zero-order chi connectivity index (χ0) is 10.2. The molecule has 0 heteroatoms. The quantitative estimate of drug-likeness (QED) is 0.527. The minimum Gasteiger partial charge on any atom is -0.0842 e. The first-order chi connectivity index (χ1) is 6.84. The van der Waals surface area contributed by atoms with Crippen molar-refractivity contribution in [3.8, 4) is 0 Å². The van der Waals surface area contributed by atoms with Crippen LogP contribution in [0.2, 0.25) is 0 Å². The maximum absolute atomic E-state index is 2.39. The molecule has 1 aliphatic carbocycles. The summed E-state index contributed by atoms with van der Waals surface area (Å²) < 4.78 is 0. The summed E-state index contributed by atoms with van der Waals surface area (Å²) in [6, 6.07) is 0. The standard InChI is InChI=1S/C14H24/c1-3-4-5-7-10-13(2)14-11-8-6-9-12-14/h6,8,11,13H,3-5,7,9-10,12H2,1-2H3. The van der Waals surface area contributed by atoms with Crippen LogP contribution in [0.25, 0.3) is 0 Å². The van der Waals surface area contributed by atoms with Crippen molar-refractivity contribution in [1.29, 1.82) is 0 Å². The molecule has 0 amide bonds. The molecular formula is C14H24. The highest BCUT2D eigenvalue weighted by Gasteiger charge is 2.08. The molecule has 0 aromatic rings. The summed E-state index contributed by atoms with van der Waals surface area (Å²) >= 11 is 0. The Hall–Kier alpha value is -0.520. The zero-order valence-corrected chi connectivity index (χ0v) is 9.76. The van der Waals surface area contributed by atoms with Crippen molar-refractivity contribution >= 4 is 0 Å². The van der Waals surface area contributed by atoms with Crippen LogP contribution in [-0.4, -0.2) is 0 Å². The van der Waals surface area contributed by atoms with E-state index < -0.39 is 0 Å². The molecule has 80 valence electrons. The minimum atomic E-state index is 0.816. The lowest BCUT2D eigenvalue weighted by Crippen LogP contribution is -2.01. The van der Waals surface area contributed by atoms with Crippen LogP contribution in [0.1, 0.15) is 58.8 Å². The van der Waals surface area contributed by atoms with Gasteiger partial charge in [-0.3, -0.25) is 0 Å². The monoisotopic (exact) mass is 192 g/mol. The fraction of sp³-hybridized carbons (Fsp3) is 0.714. The summed E-state index contributed by atoms with van der Waals surface area (Å²) in [4.78, 5) is 0. The lowest BCUT2D eigenvalue weighted by Gasteiger charge is -2.17. The van der Waals surface area contributed by atoms with Crippen LogP contribution >= 0.6 is 0 Å². The van der Waals surface area contributed by atoms with Crippen molar-refractivity contribution < 1.29 is 0 Å². The second kappa shape index (κ2) is 6.86. The summed E-state index contributed by atoms with van der Waals surface area (Å²) in [7, 11) is 0. The predicted molar refractivity (Wildman–Crippen MR) is 64.4 cm³/mol. The second-order valence-electron chi connectivity index (χ2n) is 4.46. The molecule has 0 aromatic heterocycles. The average Bonchev–Trinajstić information content (AvgIpc) is 2.25. The molecule has 14 heavy (non-hydrogen) atoms. The van der Waals surface area contributed by atoms with E-state index in [1.54, 1.807) is 5.57 Å². The van der Waals surface area contributed by atoms with Gasteiger partial charge in [-0.25, -0.2) is 0 Å². The number of hydrogen-bond donors (Lipinski definition) is 0. The molecule has 0 saturated carbocycles. The first-order valence-electron chi connectivity index (χ1n) is 6.20. The summed E-state index contributed by atoms with van der Waals surface area (Å²) in [6.45, 7) is 4.66. The van der Waals surface area contributed by atoms with Crippen LogP contribution in [0.4, 0.5) is 0 Å². The SMILES string of the molecule is CCCCCCC(C)C1=CC=CCC1. The van der Waals surface area contributed by atoms with Gasteiger partial charge in [0.1, 0.15) is 0 Å². The molecule has 0 nitrogen and oxygen atoms in total. The van der Waals surface area contributed by atoms with Gasteiger partial charge in [0.15, 0.2) is 0 Å². The molecule has 1 rings (SSSR count). The molecular weight excluding hydrogens is 168 g/mol. The first kappa shape index (κ1) is 11.6. The van der Waals surface area contributed by atoms with Crippen molar-refractivity contribution in [2.45, 2.75) is 58.8 Å². The smallest absolute Gasteiger partial charge is 0.0228 e. The molecule has 0 spiro atoms. The van der Waals surface area contributed by atoms with Crippen LogP contribution in [-0.2, 0) is 0 Å². The average molecular weight is 192 g/mol. The van der Waals surface area contributed by atoms with Gasteiger partial charge in [0.25, 0.3) is 0 Å². The van der Waals surface area contributed by atoms with E-state index in [1.165, 1.54) is 44.9 Å². The Morgan fingerprint density at radius 2 is 2.14 bits per heavy atom. The molecule has 0 aliphatic heterocycles. The Labute approximate surface area is 89.1 Å². The zero-order valence-electron chi connectivity index (χ0n) is 9.76. The molecule has 1 aliphatic rings. The maximum atomic E-state index is 2.39. The molecule has 0 N–H and O–H groups in total. The van der Waals surface area contributed by atoms with Gasteiger partial charge < -0.3 is 0 Å². The molecule has 0 radical (unpaired) electrons. The summed E-state index contributed by atoms with van der Waals surface area (Å²) in [5, 5.41) is 0. The summed E-state index contributed by atoms with van der Waals surface area (Å²) in [6.07, 6.45) is 16.4. The van der Waals surface area contributed by atoms with E-state index in [2.05, 4.69) is 32.1 Å². The fourth-order valence-electron chi connectivity index (χ4n) is 2.09. The number of allylic oxidation sites excluding steroid dienone is 4. The normalized spacial score (nSPS) is 18.0. The molecule has 0 heterocycles. The third kappa shape index (κ3) is 4.13. The maximum Gasteiger partial charge on any atom is -0.0228 e. The highest BCUT2D eigenvalue weighted by atomic mass is 14.1. The molecule has 0 fully saturated rings. The Bertz CT molecular complexity index is 198. The van der Waals surface area contributed by atoms with Crippen molar-refractivity contribution in [3.05, 3.63) is 23.8 Å². The second-order valence-corrected chi connectivity index (χ2v) is 4.46. The third-order valence-corrected chi connectivity index (χ3v) is 3.17. The van der Waals surface area contributed by atoms with Crippen molar-refractivity contribution in [3.63, 3.8) is 0 Å². The molecule has 0 aromatic carbocycles. The molecule has 1 atom stereocenters. The Kier molecular flexibility index (Phi) is 5.66. The van der Waals surface area contributed by atoms with Crippen LogP contribution < -0.4 is 0 Å². The van der Waals surface area contributed by atoms with E-state index in [0.717, 1.165) is 5.92 Å². The molecule has 1 unspecified atom stereocenters. The fourth-order valence-corrected chi connectivity index (χ4v) is 2.09. The van der Waals surface area contributed by atoms with Crippen molar-refractivity contribution in [2.75, 3.05) is 0 Å². The number of rotatable bonds is 6. The molecule has 0 bridgehead atoms. The van der Waals surface area contributed by atoms with Gasteiger partial charge in [0, 0.05) is 0 Å². The molecule has 0 saturated heterocycles. The van der Waals surface area contributed by atoms with E-state index in [1.807, 2.05) is 0 Å². The van der Waals surface area contributed by atoms with E-state index >= 15 is 0 Å². The van der Waals surface area contributed by atoms with Gasteiger partial charge >= 0.3 is 0 Å². The first-order valence-corrected chi connectivity index (χ1v) is 6.20. The van der Waals surface area contributed by atoms with Crippen molar-refractivity contribution in [2.24, 2.45) is 5.92 Å². The highest BCUT2D eigenvalue weighted by Crippen LogP contribution is 2.24. The Morgan fingerprint density at radius 1 is 1.29 bits per heavy atom. The van der Waals surface area contributed by atoms with E-state index in [4.69, 9.17) is 0 Å². The van der Waals surface area contributed by atoms with Gasteiger partial charge in [-0.1, -0.05) is 63.3 Å². The lowest BCUT2D eigenvalue weighted by molar-refractivity contribution is 0.529. The van der Waals surface area contributed by atoms with Crippen LogP contribution in [0.15, 0.2) is 23.8 Å². The van der Waals surface area contributed by atoms with Gasteiger partial charge in [0.2, 0.25) is 0 Å². The van der Waals surface area contributed by atoms with E-state index in [9.17, 15) is 0 Å². The number of unbranched alkanes of at least 4 members (excludes halogenated alkanes) is 3. The van der Waals surface area contributed by atoms with E-state index in [0.29, 0.717) is 0 Å². The predicted octanol–water partition coefficient (Wildman–Crippen LogP) is 4.87. The van der Waals surface area contributed by atoms with Crippen molar-refractivity contribution in [1.82, 2.24) is 0 Å². The number of hydrogen-bond acceptors (Lipinski definition) is 0. The summed E-state index contributed by atoms with van der Waals surface area (Å²) in [5.41, 5.74) is 1.67. The Balaban J connectivity index is 2.17. The third-order valence-electron chi connectivity index (χ3n) is 3.17. The van der Waals surface area contributed by atoms with Gasteiger partial charge in [-0.05, 0) is 25.2 Å². The van der Waals surface area contributed by atoms with Gasteiger partial charge in [-0.15, -0.1) is 0 Å². The van der Waals surface area contributed by atoms with Gasteiger partial charge in [-0.2, -0.15) is 0 Å². The minimum absolute atomic E-state index is 0.816. The van der Waals surface area contributed by atoms with E-state index in [-0.39, 0.29) is 0 Å². The summed E-state index contributed by atoms with van der Waals surface area (Å²) in [5.74, 6) is 0.816. The largest absolute Gasteiger partial charge is 0.0842 e.